The fraction of sp³-hybridized carbons (Fsp3) is 0.0625. The summed E-state index contributed by atoms with van der Waals surface area (Å²) < 4.78 is 26.9. The van der Waals surface area contributed by atoms with Crippen LogP contribution in [0.2, 0.25) is 0 Å². The lowest BCUT2D eigenvalue weighted by Gasteiger charge is -2.05. The van der Waals surface area contributed by atoms with Gasteiger partial charge in [-0.25, -0.2) is 13.1 Å². The highest BCUT2D eigenvalue weighted by Gasteiger charge is 2.15. The largest absolute Gasteiger partial charge is 0.269 e. The zero-order chi connectivity index (χ0) is 16.2. The predicted octanol–water partition coefficient (Wildman–Crippen LogP) is 3.28. The standard InChI is InChI=1S/C16H14BrNO3S/c1-12-6-9-14(10-7-12)22(20,21)18-16(19)11-8-13-4-2-3-5-15(13)17/h2-11H,1H3,(H,18,19)/b11-8+. The quantitative estimate of drug-likeness (QED) is 0.829. The molecule has 1 amide bonds. The smallest absolute Gasteiger partial charge is 0.264 e. The maximum Gasteiger partial charge on any atom is 0.264 e. The van der Waals surface area contributed by atoms with Crippen molar-refractivity contribution in [2.75, 3.05) is 0 Å². The first-order chi connectivity index (χ1) is 10.4. The Balaban J connectivity index is 2.11. The highest BCUT2D eigenvalue weighted by atomic mass is 79.9. The van der Waals surface area contributed by atoms with E-state index in [1.165, 1.54) is 18.2 Å². The van der Waals surface area contributed by atoms with Crippen LogP contribution in [-0.2, 0) is 14.8 Å². The second-order valence-electron chi connectivity index (χ2n) is 4.64. The molecule has 2 aromatic carbocycles. The van der Waals surface area contributed by atoms with E-state index in [0.717, 1.165) is 15.6 Å². The molecule has 0 aliphatic heterocycles. The third-order valence-electron chi connectivity index (χ3n) is 2.89. The van der Waals surface area contributed by atoms with Crippen molar-refractivity contribution in [2.45, 2.75) is 11.8 Å². The van der Waals surface area contributed by atoms with Crippen LogP contribution in [0, 0.1) is 6.92 Å². The minimum atomic E-state index is -3.85. The Morgan fingerprint density at radius 1 is 1.09 bits per heavy atom. The van der Waals surface area contributed by atoms with Crippen molar-refractivity contribution in [3.63, 3.8) is 0 Å². The van der Waals surface area contributed by atoms with Crippen molar-refractivity contribution in [3.8, 4) is 0 Å². The topological polar surface area (TPSA) is 63.2 Å². The van der Waals surface area contributed by atoms with Crippen LogP contribution in [0.5, 0.6) is 0 Å². The summed E-state index contributed by atoms with van der Waals surface area (Å²) >= 11 is 3.35. The monoisotopic (exact) mass is 379 g/mol. The van der Waals surface area contributed by atoms with Gasteiger partial charge in [0.1, 0.15) is 0 Å². The van der Waals surface area contributed by atoms with Crippen molar-refractivity contribution in [1.29, 1.82) is 0 Å². The average molecular weight is 380 g/mol. The summed E-state index contributed by atoms with van der Waals surface area (Å²) in [5.74, 6) is -0.698. The van der Waals surface area contributed by atoms with Gasteiger partial charge in [0, 0.05) is 10.5 Å². The molecule has 2 aromatic rings. The van der Waals surface area contributed by atoms with Gasteiger partial charge in [0.05, 0.1) is 4.90 Å². The fourth-order valence-electron chi connectivity index (χ4n) is 1.72. The van der Waals surface area contributed by atoms with Gasteiger partial charge in [-0.05, 0) is 36.8 Å². The highest BCUT2D eigenvalue weighted by molar-refractivity contribution is 9.10. The molecule has 22 heavy (non-hydrogen) atoms. The van der Waals surface area contributed by atoms with E-state index in [0.29, 0.717) is 0 Å². The number of rotatable bonds is 4. The molecule has 0 aromatic heterocycles. The molecule has 0 saturated heterocycles. The van der Waals surface area contributed by atoms with Crippen molar-refractivity contribution in [1.82, 2.24) is 4.72 Å². The average Bonchev–Trinajstić information content (AvgIpc) is 2.46. The van der Waals surface area contributed by atoms with Crippen LogP contribution in [0.1, 0.15) is 11.1 Å². The molecular formula is C16H14BrNO3S. The summed E-state index contributed by atoms with van der Waals surface area (Å²) in [6.07, 6.45) is 2.73. The van der Waals surface area contributed by atoms with E-state index < -0.39 is 15.9 Å². The van der Waals surface area contributed by atoms with E-state index in [1.807, 2.05) is 35.9 Å². The van der Waals surface area contributed by atoms with Crippen LogP contribution in [-0.4, -0.2) is 14.3 Å². The highest BCUT2D eigenvalue weighted by Crippen LogP contribution is 2.17. The second kappa shape index (κ2) is 6.89. The van der Waals surface area contributed by atoms with Gasteiger partial charge in [-0.15, -0.1) is 0 Å². The summed E-state index contributed by atoms with van der Waals surface area (Å²) in [6.45, 7) is 1.86. The van der Waals surface area contributed by atoms with Crippen molar-refractivity contribution in [3.05, 3.63) is 70.2 Å². The number of sulfonamides is 1. The Bertz CT molecular complexity index is 812. The molecule has 0 heterocycles. The number of benzene rings is 2. The molecule has 0 aliphatic carbocycles. The van der Waals surface area contributed by atoms with Crippen LogP contribution in [0.15, 0.2) is 64.0 Å². The Morgan fingerprint density at radius 2 is 1.73 bits per heavy atom. The van der Waals surface area contributed by atoms with Crippen LogP contribution in [0.4, 0.5) is 0 Å². The first-order valence-corrected chi connectivity index (χ1v) is 8.72. The first kappa shape index (κ1) is 16.5. The van der Waals surface area contributed by atoms with Gasteiger partial charge in [0.25, 0.3) is 15.9 Å². The summed E-state index contributed by atoms with van der Waals surface area (Å²) in [6, 6.07) is 13.6. The lowest BCUT2D eigenvalue weighted by Crippen LogP contribution is -2.28. The van der Waals surface area contributed by atoms with Crippen molar-refractivity contribution in [2.24, 2.45) is 0 Å². The van der Waals surface area contributed by atoms with Gasteiger partial charge in [0.15, 0.2) is 0 Å². The van der Waals surface area contributed by atoms with Gasteiger partial charge in [-0.1, -0.05) is 51.8 Å². The number of aryl methyl sites for hydroxylation is 1. The minimum Gasteiger partial charge on any atom is -0.269 e. The van der Waals surface area contributed by atoms with Crippen LogP contribution >= 0.6 is 15.9 Å². The maximum absolute atomic E-state index is 12.1. The molecule has 1 N–H and O–H groups in total. The Labute approximate surface area is 138 Å². The Hall–Kier alpha value is -1.92. The third kappa shape index (κ3) is 4.29. The number of nitrogens with one attached hydrogen (secondary N) is 1. The second-order valence-corrected chi connectivity index (χ2v) is 7.17. The molecule has 0 aliphatic rings. The van der Waals surface area contributed by atoms with E-state index >= 15 is 0 Å². The van der Waals surface area contributed by atoms with Crippen LogP contribution in [0.3, 0.4) is 0 Å². The van der Waals surface area contributed by atoms with E-state index in [9.17, 15) is 13.2 Å². The molecule has 0 spiro atoms. The summed E-state index contributed by atoms with van der Waals surface area (Å²) in [5, 5.41) is 0. The number of halogens is 1. The van der Waals surface area contributed by atoms with Crippen LogP contribution < -0.4 is 4.72 Å². The van der Waals surface area contributed by atoms with Crippen LogP contribution in [0.25, 0.3) is 6.08 Å². The molecule has 0 saturated carbocycles. The summed E-state index contributed by atoms with van der Waals surface area (Å²) in [5.41, 5.74) is 1.73. The summed E-state index contributed by atoms with van der Waals surface area (Å²) in [7, 11) is -3.85. The molecule has 0 radical (unpaired) electrons. The molecule has 0 unspecified atom stereocenters. The normalized spacial score (nSPS) is 11.5. The van der Waals surface area contributed by atoms with Gasteiger partial charge in [0.2, 0.25) is 0 Å². The molecule has 0 fully saturated rings. The summed E-state index contributed by atoms with van der Waals surface area (Å²) in [4.78, 5) is 11.8. The van der Waals surface area contributed by atoms with Gasteiger partial charge in [-0.2, -0.15) is 0 Å². The predicted molar refractivity (Wildman–Crippen MR) is 89.7 cm³/mol. The van der Waals surface area contributed by atoms with E-state index in [2.05, 4.69) is 15.9 Å². The molecule has 6 heteroatoms. The Kier molecular flexibility index (Phi) is 5.15. The molecule has 114 valence electrons. The number of amides is 1. The number of carbonyl (C=O) groups is 1. The third-order valence-corrected chi connectivity index (χ3v) is 4.97. The molecule has 0 atom stereocenters. The van der Waals surface area contributed by atoms with E-state index in [4.69, 9.17) is 0 Å². The van der Waals surface area contributed by atoms with E-state index in [-0.39, 0.29) is 4.90 Å². The molecule has 4 nitrogen and oxygen atoms in total. The first-order valence-electron chi connectivity index (χ1n) is 6.44. The molecule has 0 bridgehead atoms. The minimum absolute atomic E-state index is 0.0562. The van der Waals surface area contributed by atoms with Gasteiger partial charge >= 0.3 is 0 Å². The zero-order valence-electron chi connectivity index (χ0n) is 11.8. The van der Waals surface area contributed by atoms with Crippen molar-refractivity contribution >= 4 is 37.9 Å². The molecule has 2 rings (SSSR count). The molecular weight excluding hydrogens is 366 g/mol. The SMILES string of the molecule is Cc1ccc(S(=O)(=O)NC(=O)/C=C/c2ccccc2Br)cc1. The number of hydrogen-bond donors (Lipinski definition) is 1. The maximum atomic E-state index is 12.1. The van der Waals surface area contributed by atoms with Gasteiger partial charge < -0.3 is 0 Å². The Morgan fingerprint density at radius 3 is 2.36 bits per heavy atom. The number of carbonyl (C=O) groups excluding carboxylic acids is 1. The van der Waals surface area contributed by atoms with E-state index in [1.54, 1.807) is 18.2 Å². The van der Waals surface area contributed by atoms with Gasteiger partial charge in [-0.3, -0.25) is 4.79 Å². The van der Waals surface area contributed by atoms with Crippen molar-refractivity contribution < 1.29 is 13.2 Å². The fourth-order valence-corrected chi connectivity index (χ4v) is 3.08. The zero-order valence-corrected chi connectivity index (χ0v) is 14.2. The number of hydrogen-bond acceptors (Lipinski definition) is 3. The lowest BCUT2D eigenvalue weighted by atomic mass is 10.2. The lowest BCUT2D eigenvalue weighted by molar-refractivity contribution is -0.114.